The fourth-order valence-corrected chi connectivity index (χ4v) is 3.27. The highest BCUT2D eigenvalue weighted by molar-refractivity contribution is 5.37. The van der Waals surface area contributed by atoms with Crippen LogP contribution in [-0.4, -0.2) is 22.6 Å². The molecule has 0 heterocycles. The molecule has 1 aromatic carbocycles. The Morgan fingerprint density at radius 3 is 2.56 bits per heavy atom. The Morgan fingerprint density at radius 1 is 1.33 bits per heavy atom. The van der Waals surface area contributed by atoms with Crippen molar-refractivity contribution in [3.8, 4) is 5.75 Å². The third-order valence-electron chi connectivity index (χ3n) is 4.29. The minimum Gasteiger partial charge on any atom is -0.508 e. The number of aromatic hydroxyl groups is 1. The van der Waals surface area contributed by atoms with Crippen molar-refractivity contribution in [2.75, 3.05) is 6.54 Å². The van der Waals surface area contributed by atoms with Gasteiger partial charge in [0, 0.05) is 17.6 Å². The molecule has 1 aliphatic carbocycles. The van der Waals surface area contributed by atoms with Crippen LogP contribution in [0.1, 0.15) is 56.7 Å². The van der Waals surface area contributed by atoms with E-state index < -0.39 is 0 Å². The van der Waals surface area contributed by atoms with Crippen molar-refractivity contribution < 1.29 is 5.11 Å². The van der Waals surface area contributed by atoms with E-state index in [-0.39, 0.29) is 0 Å². The Bertz CT molecular complexity index is 396. The molecule has 1 aliphatic rings. The zero-order valence-corrected chi connectivity index (χ0v) is 11.8. The van der Waals surface area contributed by atoms with Gasteiger partial charge in [-0.3, -0.25) is 4.90 Å². The van der Waals surface area contributed by atoms with E-state index in [0.29, 0.717) is 17.8 Å². The van der Waals surface area contributed by atoms with Crippen LogP contribution in [0, 0.1) is 6.92 Å². The highest BCUT2D eigenvalue weighted by Crippen LogP contribution is 2.34. The van der Waals surface area contributed by atoms with Gasteiger partial charge in [0.1, 0.15) is 5.75 Å². The molecule has 0 bridgehead atoms. The summed E-state index contributed by atoms with van der Waals surface area (Å²) < 4.78 is 0. The van der Waals surface area contributed by atoms with Crippen molar-refractivity contribution in [1.82, 2.24) is 4.90 Å². The van der Waals surface area contributed by atoms with E-state index in [9.17, 15) is 5.11 Å². The van der Waals surface area contributed by atoms with Crippen LogP contribution in [0.3, 0.4) is 0 Å². The molecule has 18 heavy (non-hydrogen) atoms. The van der Waals surface area contributed by atoms with Gasteiger partial charge >= 0.3 is 0 Å². The van der Waals surface area contributed by atoms with Crippen LogP contribution in [0.2, 0.25) is 0 Å². The summed E-state index contributed by atoms with van der Waals surface area (Å²) in [5.41, 5.74) is 2.18. The van der Waals surface area contributed by atoms with Crippen molar-refractivity contribution in [2.24, 2.45) is 0 Å². The van der Waals surface area contributed by atoms with Crippen LogP contribution in [-0.2, 0) is 0 Å². The monoisotopic (exact) mass is 247 g/mol. The summed E-state index contributed by atoms with van der Waals surface area (Å²) in [6, 6.07) is 7.04. The minimum atomic E-state index is 0.304. The molecule has 2 nitrogen and oxygen atoms in total. The summed E-state index contributed by atoms with van der Waals surface area (Å²) in [5.74, 6) is 0.443. The van der Waals surface area contributed by atoms with Gasteiger partial charge in [0.25, 0.3) is 0 Å². The fourth-order valence-electron chi connectivity index (χ4n) is 3.27. The molecular formula is C16H25NO. The molecule has 2 rings (SSSR count). The number of rotatable bonds is 4. The molecule has 100 valence electrons. The maximum atomic E-state index is 10.1. The fraction of sp³-hybridized carbons (Fsp3) is 0.625. The van der Waals surface area contributed by atoms with Gasteiger partial charge in [-0.1, -0.05) is 31.9 Å². The zero-order valence-electron chi connectivity index (χ0n) is 11.8. The number of benzene rings is 1. The Balaban J connectivity index is 2.19. The Labute approximate surface area is 111 Å². The molecule has 0 amide bonds. The van der Waals surface area contributed by atoms with E-state index in [4.69, 9.17) is 0 Å². The SMILES string of the molecule is CCN(C1CCCC1)C(C)c1ccc(C)cc1O. The Morgan fingerprint density at radius 2 is 2.00 bits per heavy atom. The van der Waals surface area contributed by atoms with Gasteiger partial charge in [-0.15, -0.1) is 0 Å². The topological polar surface area (TPSA) is 23.5 Å². The lowest BCUT2D eigenvalue weighted by Crippen LogP contribution is -2.35. The predicted molar refractivity (Wildman–Crippen MR) is 75.9 cm³/mol. The van der Waals surface area contributed by atoms with E-state index in [1.807, 2.05) is 13.0 Å². The van der Waals surface area contributed by atoms with Crippen LogP contribution in [0.4, 0.5) is 0 Å². The van der Waals surface area contributed by atoms with E-state index in [2.05, 4.69) is 30.9 Å². The Kier molecular flexibility index (Phi) is 4.28. The number of hydrogen-bond donors (Lipinski definition) is 1. The molecule has 1 unspecified atom stereocenters. The normalized spacial score (nSPS) is 18.4. The summed E-state index contributed by atoms with van der Waals surface area (Å²) in [5, 5.41) is 10.1. The zero-order chi connectivity index (χ0) is 13.1. The number of aryl methyl sites for hydroxylation is 1. The molecule has 1 aromatic rings. The molecular weight excluding hydrogens is 222 g/mol. The van der Waals surface area contributed by atoms with Gasteiger partial charge in [-0.25, -0.2) is 0 Å². The molecule has 0 aromatic heterocycles. The average molecular weight is 247 g/mol. The van der Waals surface area contributed by atoms with Gasteiger partial charge in [-0.2, -0.15) is 0 Å². The molecule has 2 heteroatoms. The first kappa shape index (κ1) is 13.4. The first-order valence-electron chi connectivity index (χ1n) is 7.18. The summed E-state index contributed by atoms with van der Waals surface area (Å²) in [6.07, 6.45) is 5.33. The van der Waals surface area contributed by atoms with Crippen LogP contribution in [0.25, 0.3) is 0 Å². The van der Waals surface area contributed by atoms with Crippen molar-refractivity contribution in [3.05, 3.63) is 29.3 Å². The Hall–Kier alpha value is -1.02. The maximum Gasteiger partial charge on any atom is 0.120 e. The van der Waals surface area contributed by atoms with E-state index >= 15 is 0 Å². The quantitative estimate of drug-likeness (QED) is 0.868. The van der Waals surface area contributed by atoms with Crippen molar-refractivity contribution in [1.29, 1.82) is 0 Å². The third-order valence-corrected chi connectivity index (χ3v) is 4.29. The predicted octanol–water partition coefficient (Wildman–Crippen LogP) is 4.03. The van der Waals surface area contributed by atoms with Gasteiger partial charge in [-0.05, 0) is 44.9 Å². The lowest BCUT2D eigenvalue weighted by atomic mass is 10.0. The highest BCUT2D eigenvalue weighted by atomic mass is 16.3. The van der Waals surface area contributed by atoms with Gasteiger partial charge in [0.05, 0.1) is 0 Å². The van der Waals surface area contributed by atoms with Gasteiger partial charge in [0.15, 0.2) is 0 Å². The minimum absolute atomic E-state index is 0.304. The molecule has 0 radical (unpaired) electrons. The van der Waals surface area contributed by atoms with E-state index in [0.717, 1.165) is 17.7 Å². The van der Waals surface area contributed by atoms with E-state index in [1.165, 1.54) is 25.7 Å². The van der Waals surface area contributed by atoms with Crippen LogP contribution in [0.15, 0.2) is 18.2 Å². The van der Waals surface area contributed by atoms with Gasteiger partial charge in [0.2, 0.25) is 0 Å². The number of hydrogen-bond acceptors (Lipinski definition) is 2. The molecule has 0 spiro atoms. The smallest absolute Gasteiger partial charge is 0.120 e. The number of nitrogens with zero attached hydrogens (tertiary/aromatic N) is 1. The summed E-state index contributed by atoms with van der Waals surface area (Å²) >= 11 is 0. The first-order valence-corrected chi connectivity index (χ1v) is 7.18. The molecule has 0 aliphatic heterocycles. The van der Waals surface area contributed by atoms with Gasteiger partial charge < -0.3 is 5.11 Å². The molecule has 0 saturated heterocycles. The van der Waals surface area contributed by atoms with Crippen molar-refractivity contribution in [3.63, 3.8) is 0 Å². The molecule has 1 fully saturated rings. The standard InChI is InChI=1S/C16H25NO/c1-4-17(14-7-5-6-8-14)13(3)15-10-9-12(2)11-16(15)18/h9-11,13-14,18H,4-8H2,1-3H3. The highest BCUT2D eigenvalue weighted by Gasteiger charge is 2.27. The van der Waals surface area contributed by atoms with Crippen LogP contribution >= 0.6 is 0 Å². The lowest BCUT2D eigenvalue weighted by molar-refractivity contribution is 0.152. The number of phenolic OH excluding ortho intramolecular Hbond substituents is 1. The van der Waals surface area contributed by atoms with Crippen LogP contribution < -0.4 is 0 Å². The maximum absolute atomic E-state index is 10.1. The second kappa shape index (κ2) is 5.75. The number of phenols is 1. The van der Waals surface area contributed by atoms with Crippen molar-refractivity contribution in [2.45, 2.75) is 58.5 Å². The molecule has 1 atom stereocenters. The van der Waals surface area contributed by atoms with E-state index in [1.54, 1.807) is 0 Å². The lowest BCUT2D eigenvalue weighted by Gasteiger charge is -2.34. The molecule has 1 saturated carbocycles. The first-order chi connectivity index (χ1) is 8.63. The second-order valence-electron chi connectivity index (χ2n) is 5.51. The van der Waals surface area contributed by atoms with Crippen molar-refractivity contribution >= 4 is 0 Å². The van der Waals surface area contributed by atoms with Crippen LogP contribution in [0.5, 0.6) is 5.75 Å². The average Bonchev–Trinajstić information content (AvgIpc) is 2.83. The summed E-state index contributed by atoms with van der Waals surface area (Å²) in [7, 11) is 0. The summed E-state index contributed by atoms with van der Waals surface area (Å²) in [6.45, 7) is 7.51. The molecule has 1 N–H and O–H groups in total. The summed E-state index contributed by atoms with van der Waals surface area (Å²) in [4.78, 5) is 2.54. The third kappa shape index (κ3) is 2.69. The second-order valence-corrected chi connectivity index (χ2v) is 5.51. The largest absolute Gasteiger partial charge is 0.508 e.